The van der Waals surface area contributed by atoms with Crippen molar-refractivity contribution in [3.8, 4) is 0 Å². The molecule has 1 aliphatic heterocycles. The lowest BCUT2D eigenvalue weighted by Crippen LogP contribution is -2.28. The van der Waals surface area contributed by atoms with Crippen molar-refractivity contribution in [3.63, 3.8) is 0 Å². The number of aromatic nitrogens is 2. The number of amides is 2. The van der Waals surface area contributed by atoms with Crippen LogP contribution in [0.5, 0.6) is 0 Å². The highest BCUT2D eigenvalue weighted by Gasteiger charge is 2.35. The average molecular weight is 316 g/mol. The summed E-state index contributed by atoms with van der Waals surface area (Å²) in [7, 11) is 0. The smallest absolute Gasteiger partial charge is 0.231 e. The molecule has 1 N–H and O–H groups in total. The summed E-state index contributed by atoms with van der Waals surface area (Å²) in [5.41, 5.74) is 1.89. The van der Waals surface area contributed by atoms with Crippen LogP contribution >= 0.6 is 11.3 Å². The standard InChI is InChI=1S/C15H16N4O2S/c1-9-5-3-4-6-12(9)19-8-11(7-13(19)20)14(21)16-15-18-17-10(2)22-15/h3-6,11H,7-8H2,1-2H3,(H,16,18,21)/t11-/m1/s1. The van der Waals surface area contributed by atoms with Crippen molar-refractivity contribution in [2.75, 3.05) is 16.8 Å². The van der Waals surface area contributed by atoms with E-state index in [4.69, 9.17) is 0 Å². The molecular formula is C15H16N4O2S. The minimum atomic E-state index is -0.365. The molecule has 1 fully saturated rings. The van der Waals surface area contributed by atoms with Crippen LogP contribution in [0.15, 0.2) is 24.3 Å². The third-order valence-corrected chi connectivity index (χ3v) is 4.41. The van der Waals surface area contributed by atoms with E-state index in [0.717, 1.165) is 16.3 Å². The van der Waals surface area contributed by atoms with E-state index in [9.17, 15) is 9.59 Å². The lowest BCUT2D eigenvalue weighted by Gasteiger charge is -2.18. The quantitative estimate of drug-likeness (QED) is 0.941. The zero-order valence-electron chi connectivity index (χ0n) is 12.4. The molecule has 7 heteroatoms. The van der Waals surface area contributed by atoms with Crippen molar-refractivity contribution in [1.29, 1.82) is 0 Å². The Balaban J connectivity index is 1.71. The van der Waals surface area contributed by atoms with Gasteiger partial charge in [0.05, 0.1) is 5.92 Å². The second-order valence-electron chi connectivity index (χ2n) is 5.31. The first kappa shape index (κ1) is 14.6. The van der Waals surface area contributed by atoms with Gasteiger partial charge in [0.2, 0.25) is 16.9 Å². The molecule has 1 aromatic carbocycles. The molecule has 3 rings (SSSR count). The zero-order chi connectivity index (χ0) is 15.7. The molecule has 2 heterocycles. The Hall–Kier alpha value is -2.28. The van der Waals surface area contributed by atoms with Crippen molar-refractivity contribution in [3.05, 3.63) is 34.8 Å². The van der Waals surface area contributed by atoms with Crippen LogP contribution in [0.25, 0.3) is 0 Å². The highest BCUT2D eigenvalue weighted by atomic mass is 32.1. The molecule has 1 saturated heterocycles. The summed E-state index contributed by atoms with van der Waals surface area (Å²) >= 11 is 1.32. The Morgan fingerprint density at radius 2 is 2.09 bits per heavy atom. The predicted molar refractivity (Wildman–Crippen MR) is 84.9 cm³/mol. The number of rotatable bonds is 3. The largest absolute Gasteiger partial charge is 0.311 e. The molecule has 1 aliphatic rings. The highest BCUT2D eigenvalue weighted by molar-refractivity contribution is 7.15. The molecule has 0 spiro atoms. The molecule has 114 valence electrons. The Morgan fingerprint density at radius 3 is 2.77 bits per heavy atom. The molecule has 1 atom stereocenters. The fourth-order valence-corrected chi connectivity index (χ4v) is 3.13. The van der Waals surface area contributed by atoms with Gasteiger partial charge < -0.3 is 10.2 Å². The number of hydrogen-bond acceptors (Lipinski definition) is 5. The molecule has 1 aromatic heterocycles. The topological polar surface area (TPSA) is 75.2 Å². The van der Waals surface area contributed by atoms with Gasteiger partial charge in [-0.1, -0.05) is 29.5 Å². The number of nitrogens with one attached hydrogen (secondary N) is 1. The maximum absolute atomic E-state index is 12.3. The molecule has 2 aromatic rings. The van der Waals surface area contributed by atoms with Gasteiger partial charge >= 0.3 is 0 Å². The minimum Gasteiger partial charge on any atom is -0.311 e. The molecule has 22 heavy (non-hydrogen) atoms. The highest BCUT2D eigenvalue weighted by Crippen LogP contribution is 2.28. The van der Waals surface area contributed by atoms with Crippen LogP contribution in [0.3, 0.4) is 0 Å². The van der Waals surface area contributed by atoms with Gasteiger partial charge in [-0.05, 0) is 25.5 Å². The van der Waals surface area contributed by atoms with E-state index >= 15 is 0 Å². The third kappa shape index (κ3) is 2.85. The molecule has 2 amide bonds. The normalized spacial score (nSPS) is 17.8. The van der Waals surface area contributed by atoms with E-state index in [2.05, 4.69) is 15.5 Å². The van der Waals surface area contributed by atoms with E-state index in [0.29, 0.717) is 11.7 Å². The zero-order valence-corrected chi connectivity index (χ0v) is 13.2. The van der Waals surface area contributed by atoms with Crippen molar-refractivity contribution < 1.29 is 9.59 Å². The Kier molecular flexibility index (Phi) is 3.89. The van der Waals surface area contributed by atoms with E-state index in [1.807, 2.05) is 38.1 Å². The van der Waals surface area contributed by atoms with Gasteiger partial charge in [-0.25, -0.2) is 0 Å². The molecule has 0 aliphatic carbocycles. The second kappa shape index (κ2) is 5.84. The lowest BCUT2D eigenvalue weighted by atomic mass is 10.1. The monoisotopic (exact) mass is 316 g/mol. The number of para-hydroxylation sites is 1. The van der Waals surface area contributed by atoms with Gasteiger partial charge in [0, 0.05) is 18.7 Å². The van der Waals surface area contributed by atoms with Crippen molar-refractivity contribution >= 4 is 34.0 Å². The van der Waals surface area contributed by atoms with Crippen molar-refractivity contribution in [1.82, 2.24) is 10.2 Å². The molecule has 0 radical (unpaired) electrons. The van der Waals surface area contributed by atoms with Crippen LogP contribution in [0.1, 0.15) is 17.0 Å². The van der Waals surface area contributed by atoms with Gasteiger partial charge in [0.15, 0.2) is 0 Å². The number of benzene rings is 1. The summed E-state index contributed by atoms with van der Waals surface area (Å²) in [5.74, 6) is -0.570. The average Bonchev–Trinajstić information content (AvgIpc) is 3.06. The van der Waals surface area contributed by atoms with Crippen LogP contribution in [0.2, 0.25) is 0 Å². The van der Waals surface area contributed by atoms with Crippen LogP contribution in [-0.4, -0.2) is 28.6 Å². The molecular weight excluding hydrogens is 300 g/mol. The van der Waals surface area contributed by atoms with E-state index < -0.39 is 0 Å². The fraction of sp³-hybridized carbons (Fsp3) is 0.333. The summed E-state index contributed by atoms with van der Waals surface area (Å²) in [5, 5.41) is 11.7. The summed E-state index contributed by atoms with van der Waals surface area (Å²) in [6.45, 7) is 4.18. The van der Waals surface area contributed by atoms with Gasteiger partial charge in [-0.3, -0.25) is 9.59 Å². The van der Waals surface area contributed by atoms with Crippen molar-refractivity contribution in [2.45, 2.75) is 20.3 Å². The Bertz CT molecular complexity index is 728. The Morgan fingerprint density at radius 1 is 1.32 bits per heavy atom. The van der Waals surface area contributed by atoms with Crippen LogP contribution < -0.4 is 10.2 Å². The number of anilines is 2. The van der Waals surface area contributed by atoms with Gasteiger partial charge in [-0.2, -0.15) is 0 Å². The third-order valence-electron chi connectivity index (χ3n) is 3.66. The maximum atomic E-state index is 12.3. The number of aryl methyl sites for hydroxylation is 2. The van der Waals surface area contributed by atoms with Crippen LogP contribution in [0.4, 0.5) is 10.8 Å². The first-order valence-electron chi connectivity index (χ1n) is 7.01. The summed E-state index contributed by atoms with van der Waals surface area (Å²) in [6, 6.07) is 7.69. The fourth-order valence-electron chi connectivity index (χ4n) is 2.54. The second-order valence-corrected chi connectivity index (χ2v) is 6.49. The molecule has 0 saturated carbocycles. The number of carbonyl (C=O) groups excluding carboxylic acids is 2. The maximum Gasteiger partial charge on any atom is 0.231 e. The molecule has 0 unspecified atom stereocenters. The first-order valence-corrected chi connectivity index (χ1v) is 7.83. The van der Waals surface area contributed by atoms with E-state index in [-0.39, 0.29) is 24.2 Å². The van der Waals surface area contributed by atoms with E-state index in [1.165, 1.54) is 11.3 Å². The predicted octanol–water partition coefficient (Wildman–Crippen LogP) is 2.15. The first-order chi connectivity index (χ1) is 10.5. The number of carbonyl (C=O) groups is 2. The van der Waals surface area contributed by atoms with Crippen LogP contribution in [-0.2, 0) is 9.59 Å². The number of hydrogen-bond donors (Lipinski definition) is 1. The van der Waals surface area contributed by atoms with Gasteiger partial charge in [0.25, 0.3) is 0 Å². The summed E-state index contributed by atoms with van der Waals surface area (Å²) in [6.07, 6.45) is 0.220. The number of nitrogens with zero attached hydrogens (tertiary/aromatic N) is 3. The minimum absolute atomic E-state index is 0.0251. The Labute approximate surface area is 132 Å². The SMILES string of the molecule is Cc1nnc(NC(=O)[C@@H]2CC(=O)N(c3ccccc3C)C2)s1. The van der Waals surface area contributed by atoms with Crippen LogP contribution in [0, 0.1) is 19.8 Å². The van der Waals surface area contributed by atoms with Gasteiger partial charge in [0.1, 0.15) is 5.01 Å². The molecule has 6 nitrogen and oxygen atoms in total. The summed E-state index contributed by atoms with van der Waals surface area (Å²) < 4.78 is 0. The van der Waals surface area contributed by atoms with Gasteiger partial charge in [-0.15, -0.1) is 10.2 Å². The molecule has 0 bridgehead atoms. The lowest BCUT2D eigenvalue weighted by molar-refractivity contribution is -0.122. The van der Waals surface area contributed by atoms with E-state index in [1.54, 1.807) is 4.90 Å². The van der Waals surface area contributed by atoms with Crippen molar-refractivity contribution in [2.24, 2.45) is 5.92 Å². The summed E-state index contributed by atoms with van der Waals surface area (Å²) in [4.78, 5) is 26.2.